The molecule has 0 aliphatic carbocycles. The molecule has 2 aromatic carbocycles. The molecule has 0 spiro atoms. The Labute approximate surface area is 154 Å². The lowest BCUT2D eigenvalue weighted by atomic mass is 10.1. The second-order valence-corrected chi connectivity index (χ2v) is 5.90. The zero-order valence-electron chi connectivity index (χ0n) is 14.1. The van der Waals surface area contributed by atoms with E-state index in [9.17, 15) is 14.4 Å². The van der Waals surface area contributed by atoms with E-state index in [-0.39, 0.29) is 11.7 Å². The number of hydrogen-bond acceptors (Lipinski definition) is 3. The molecule has 4 rings (SSSR count). The van der Waals surface area contributed by atoms with E-state index in [4.69, 9.17) is 4.42 Å². The van der Waals surface area contributed by atoms with E-state index >= 15 is 0 Å². The fourth-order valence-electron chi connectivity index (χ4n) is 2.93. The number of fused-ring (bicyclic) bond motifs is 1. The minimum Gasteiger partial charge on any atom is -0.457 e. The van der Waals surface area contributed by atoms with Gasteiger partial charge in [-0.15, -0.1) is 0 Å². The van der Waals surface area contributed by atoms with Gasteiger partial charge in [0, 0.05) is 17.7 Å². The Bertz CT molecular complexity index is 1220. The lowest BCUT2D eigenvalue weighted by molar-refractivity contribution is 0.0974. The first-order valence-electron chi connectivity index (χ1n) is 8.25. The molecule has 5 heteroatoms. The quantitative estimate of drug-likeness (QED) is 0.470. The number of nitriles is 1. The lowest BCUT2D eigenvalue weighted by Gasteiger charge is -1.99. The summed E-state index contributed by atoms with van der Waals surface area (Å²) in [6.45, 7) is 0. The summed E-state index contributed by atoms with van der Waals surface area (Å²) in [6.07, 6.45) is 4.40. The first kappa shape index (κ1) is 16.6. The van der Waals surface area contributed by atoms with Gasteiger partial charge < -0.3 is 4.42 Å². The number of carbonyl (C=O) groups excluding carboxylic acids is 1. The zero-order chi connectivity index (χ0) is 18.8. The number of carbonyl (C=O) groups is 1. The Morgan fingerprint density at radius 2 is 1.85 bits per heavy atom. The first-order valence-corrected chi connectivity index (χ1v) is 8.25. The van der Waals surface area contributed by atoms with Gasteiger partial charge in [0.15, 0.2) is 0 Å². The molecule has 0 bridgehead atoms. The summed E-state index contributed by atoms with van der Waals surface area (Å²) in [5, 5.41) is 9.96. The van der Waals surface area contributed by atoms with Crippen molar-refractivity contribution in [3.8, 4) is 17.4 Å². The van der Waals surface area contributed by atoms with Crippen LogP contribution in [0, 0.1) is 17.1 Å². The van der Waals surface area contributed by atoms with E-state index in [0.717, 1.165) is 5.39 Å². The van der Waals surface area contributed by atoms with E-state index in [1.807, 2.05) is 12.1 Å². The molecule has 4 nitrogen and oxygen atoms in total. The third-order valence-electron chi connectivity index (χ3n) is 4.23. The van der Waals surface area contributed by atoms with Crippen molar-refractivity contribution in [3.63, 3.8) is 0 Å². The highest BCUT2D eigenvalue weighted by atomic mass is 19.1. The van der Waals surface area contributed by atoms with Crippen molar-refractivity contribution in [2.75, 3.05) is 0 Å². The number of aromatic nitrogens is 1. The van der Waals surface area contributed by atoms with E-state index in [2.05, 4.69) is 6.07 Å². The number of para-hydroxylation sites is 1. The van der Waals surface area contributed by atoms with Crippen LogP contribution in [0.1, 0.15) is 16.1 Å². The van der Waals surface area contributed by atoms with Crippen molar-refractivity contribution in [2.45, 2.75) is 0 Å². The van der Waals surface area contributed by atoms with Gasteiger partial charge in [-0.2, -0.15) is 5.26 Å². The third kappa shape index (κ3) is 3.05. The fraction of sp³-hybridized carbons (Fsp3) is 0. The average Bonchev–Trinajstić information content (AvgIpc) is 3.31. The van der Waals surface area contributed by atoms with Crippen LogP contribution >= 0.6 is 0 Å². The van der Waals surface area contributed by atoms with Gasteiger partial charge >= 0.3 is 0 Å². The highest BCUT2D eigenvalue weighted by Crippen LogP contribution is 2.25. The number of halogens is 1. The Hall–Kier alpha value is -3.91. The maximum absolute atomic E-state index is 13.8. The molecular formula is C22H13FN2O2. The van der Waals surface area contributed by atoms with Gasteiger partial charge in [0.1, 0.15) is 23.4 Å². The molecule has 0 saturated carbocycles. The minimum atomic E-state index is -0.374. The summed E-state index contributed by atoms with van der Waals surface area (Å²) in [6, 6.07) is 19.0. The van der Waals surface area contributed by atoms with E-state index < -0.39 is 0 Å². The average molecular weight is 356 g/mol. The maximum atomic E-state index is 13.8. The molecule has 0 N–H and O–H groups in total. The Kier molecular flexibility index (Phi) is 4.15. The van der Waals surface area contributed by atoms with Crippen LogP contribution in [0.5, 0.6) is 0 Å². The van der Waals surface area contributed by atoms with Crippen molar-refractivity contribution in [1.82, 2.24) is 4.57 Å². The van der Waals surface area contributed by atoms with Crippen LogP contribution in [0.4, 0.5) is 4.39 Å². The third-order valence-corrected chi connectivity index (χ3v) is 4.23. The summed E-state index contributed by atoms with van der Waals surface area (Å²) in [5.41, 5.74) is 1.46. The molecular weight excluding hydrogens is 343 g/mol. The summed E-state index contributed by atoms with van der Waals surface area (Å²) >= 11 is 0. The molecule has 0 saturated heterocycles. The van der Waals surface area contributed by atoms with Crippen LogP contribution in [0.3, 0.4) is 0 Å². The standard InChI is InChI=1S/C22H13FN2O2/c23-19-7-3-1-6-18(19)21-11-9-16(27-21)10-12-22(26)25-14-15(13-24)17-5-2-4-8-20(17)25/h1-12,14H/b12-10+. The molecule has 2 heterocycles. The Morgan fingerprint density at radius 3 is 2.67 bits per heavy atom. The van der Waals surface area contributed by atoms with Gasteiger partial charge in [0.25, 0.3) is 5.91 Å². The number of allylic oxidation sites excluding steroid dienone is 1. The maximum Gasteiger partial charge on any atom is 0.255 e. The van der Waals surface area contributed by atoms with Gasteiger partial charge in [-0.3, -0.25) is 9.36 Å². The number of furan rings is 1. The largest absolute Gasteiger partial charge is 0.457 e. The predicted molar refractivity (Wildman–Crippen MR) is 100 cm³/mol. The first-order chi connectivity index (χ1) is 13.2. The highest BCUT2D eigenvalue weighted by molar-refractivity contribution is 6.01. The van der Waals surface area contributed by atoms with Gasteiger partial charge in [-0.05, 0) is 36.4 Å². The molecule has 0 aliphatic heterocycles. The number of nitrogens with zero attached hydrogens (tertiary/aromatic N) is 2. The van der Waals surface area contributed by atoms with Crippen molar-refractivity contribution in [3.05, 3.63) is 90.1 Å². The summed E-state index contributed by atoms with van der Waals surface area (Å²) in [4.78, 5) is 12.6. The van der Waals surface area contributed by atoms with Crippen LogP contribution in [0.2, 0.25) is 0 Å². The van der Waals surface area contributed by atoms with E-state index in [1.165, 1.54) is 29.0 Å². The van der Waals surface area contributed by atoms with Gasteiger partial charge in [0.2, 0.25) is 0 Å². The molecule has 0 unspecified atom stereocenters. The lowest BCUT2D eigenvalue weighted by Crippen LogP contribution is -2.04. The van der Waals surface area contributed by atoms with Crippen LogP contribution < -0.4 is 0 Å². The van der Waals surface area contributed by atoms with Crippen LogP contribution in [-0.4, -0.2) is 10.5 Å². The molecule has 0 amide bonds. The molecule has 0 aliphatic rings. The summed E-state index contributed by atoms with van der Waals surface area (Å²) in [5.74, 6) is 0.134. The van der Waals surface area contributed by atoms with Crippen LogP contribution in [0.15, 0.2) is 77.4 Å². The van der Waals surface area contributed by atoms with Crippen molar-refractivity contribution < 1.29 is 13.6 Å². The minimum absolute atomic E-state index is 0.309. The van der Waals surface area contributed by atoms with Crippen LogP contribution in [0.25, 0.3) is 28.3 Å². The smallest absolute Gasteiger partial charge is 0.255 e. The molecule has 4 aromatic rings. The second-order valence-electron chi connectivity index (χ2n) is 5.90. The van der Waals surface area contributed by atoms with Crippen LogP contribution in [-0.2, 0) is 0 Å². The van der Waals surface area contributed by atoms with Gasteiger partial charge in [-0.25, -0.2) is 4.39 Å². The number of hydrogen-bond donors (Lipinski definition) is 0. The van der Waals surface area contributed by atoms with E-state index in [1.54, 1.807) is 42.5 Å². The fourth-order valence-corrected chi connectivity index (χ4v) is 2.93. The summed E-state index contributed by atoms with van der Waals surface area (Å²) < 4.78 is 20.9. The molecule has 0 radical (unpaired) electrons. The van der Waals surface area contributed by atoms with E-state index in [0.29, 0.717) is 28.2 Å². The number of rotatable bonds is 3. The molecule has 27 heavy (non-hydrogen) atoms. The molecule has 130 valence electrons. The number of benzene rings is 2. The molecule has 2 aromatic heterocycles. The predicted octanol–water partition coefficient (Wildman–Crippen LogP) is 5.27. The Morgan fingerprint density at radius 1 is 1.07 bits per heavy atom. The second kappa shape index (κ2) is 6.77. The molecule has 0 atom stereocenters. The highest BCUT2D eigenvalue weighted by Gasteiger charge is 2.12. The topological polar surface area (TPSA) is 58.9 Å². The van der Waals surface area contributed by atoms with Gasteiger partial charge in [-0.1, -0.05) is 30.3 Å². The van der Waals surface area contributed by atoms with Crippen molar-refractivity contribution in [2.24, 2.45) is 0 Å². The van der Waals surface area contributed by atoms with Gasteiger partial charge in [0.05, 0.1) is 16.6 Å². The SMILES string of the molecule is N#Cc1cn(C(=O)/C=C/c2ccc(-c3ccccc3F)o2)c2ccccc12. The zero-order valence-corrected chi connectivity index (χ0v) is 14.1. The van der Waals surface area contributed by atoms with Crippen molar-refractivity contribution >= 4 is 22.9 Å². The van der Waals surface area contributed by atoms with Crippen molar-refractivity contribution in [1.29, 1.82) is 5.26 Å². The normalized spacial score (nSPS) is 11.1. The summed E-state index contributed by atoms with van der Waals surface area (Å²) in [7, 11) is 0. The monoisotopic (exact) mass is 356 g/mol. The molecule has 0 fully saturated rings. The Balaban J connectivity index is 1.62.